The van der Waals surface area contributed by atoms with Gasteiger partial charge in [0.2, 0.25) is 0 Å². The first-order chi connectivity index (χ1) is 15.3. The molecule has 0 fully saturated rings. The summed E-state index contributed by atoms with van der Waals surface area (Å²) in [6, 6.07) is 11.0. The van der Waals surface area contributed by atoms with Gasteiger partial charge < -0.3 is 9.80 Å². The summed E-state index contributed by atoms with van der Waals surface area (Å²) in [5.74, 6) is 0. The Labute approximate surface area is 194 Å². The van der Waals surface area contributed by atoms with Crippen LogP contribution in [0, 0.1) is 0 Å². The number of hydrogen-bond acceptors (Lipinski definition) is 2. The molecule has 0 saturated carbocycles. The van der Waals surface area contributed by atoms with Crippen molar-refractivity contribution in [2.24, 2.45) is 0 Å². The molecule has 1 aromatic carbocycles. The molecule has 2 nitrogen and oxygen atoms in total. The molecule has 1 aliphatic heterocycles. The molecule has 0 N–H and O–H groups in total. The fraction of sp³-hybridized carbons (Fsp3) is 0.724. The van der Waals surface area contributed by atoms with E-state index in [1.807, 2.05) is 0 Å². The van der Waals surface area contributed by atoms with E-state index in [9.17, 15) is 0 Å². The minimum absolute atomic E-state index is 0.506. The topological polar surface area (TPSA) is 6.48 Å². The van der Waals surface area contributed by atoms with E-state index in [2.05, 4.69) is 66.4 Å². The van der Waals surface area contributed by atoms with E-state index in [0.717, 1.165) is 6.42 Å². The normalized spacial score (nSPS) is 15.9. The highest BCUT2D eigenvalue weighted by Crippen LogP contribution is 2.22. The van der Waals surface area contributed by atoms with E-state index in [4.69, 9.17) is 0 Å². The van der Waals surface area contributed by atoms with E-state index in [-0.39, 0.29) is 0 Å². The molecular formula is C29H50N2. The van der Waals surface area contributed by atoms with Crippen LogP contribution in [0.15, 0.2) is 42.7 Å². The van der Waals surface area contributed by atoms with E-state index < -0.39 is 0 Å². The van der Waals surface area contributed by atoms with Crippen LogP contribution in [-0.4, -0.2) is 29.1 Å². The SMILES string of the molecule is CCCCCCCCCCCCCCN1C=CN(CCCCC)C1Cc1ccccc1. The third-order valence-corrected chi connectivity index (χ3v) is 6.77. The molecule has 31 heavy (non-hydrogen) atoms. The van der Waals surface area contributed by atoms with Gasteiger partial charge in [-0.2, -0.15) is 0 Å². The van der Waals surface area contributed by atoms with Crippen molar-refractivity contribution in [1.82, 2.24) is 9.80 Å². The lowest BCUT2D eigenvalue weighted by molar-refractivity contribution is 0.148. The first-order valence-electron chi connectivity index (χ1n) is 13.6. The van der Waals surface area contributed by atoms with Crippen molar-refractivity contribution in [2.45, 2.75) is 123 Å². The summed E-state index contributed by atoms with van der Waals surface area (Å²) in [6.07, 6.45) is 27.3. The van der Waals surface area contributed by atoms with Gasteiger partial charge in [-0.3, -0.25) is 0 Å². The van der Waals surface area contributed by atoms with Gasteiger partial charge in [0.1, 0.15) is 6.17 Å². The lowest BCUT2D eigenvalue weighted by Crippen LogP contribution is -2.41. The molecule has 176 valence electrons. The van der Waals surface area contributed by atoms with Crippen LogP contribution in [0.3, 0.4) is 0 Å². The van der Waals surface area contributed by atoms with Gasteiger partial charge in [-0.05, 0) is 18.4 Å². The molecule has 2 heteroatoms. The zero-order chi connectivity index (χ0) is 22.0. The van der Waals surface area contributed by atoms with Crippen LogP contribution >= 0.6 is 0 Å². The molecule has 0 amide bonds. The summed E-state index contributed by atoms with van der Waals surface area (Å²) in [6.45, 7) is 6.99. The van der Waals surface area contributed by atoms with Gasteiger partial charge in [-0.15, -0.1) is 0 Å². The summed E-state index contributed by atoms with van der Waals surface area (Å²) in [5.41, 5.74) is 1.45. The van der Waals surface area contributed by atoms with Gasteiger partial charge in [0.05, 0.1) is 0 Å². The smallest absolute Gasteiger partial charge is 0.105 e. The number of unbranched alkanes of at least 4 members (excludes halogenated alkanes) is 13. The average Bonchev–Trinajstić information content (AvgIpc) is 3.16. The van der Waals surface area contributed by atoms with Crippen LogP contribution in [0.2, 0.25) is 0 Å². The molecule has 1 unspecified atom stereocenters. The number of rotatable bonds is 19. The lowest BCUT2D eigenvalue weighted by Gasteiger charge is -2.33. The second kappa shape index (κ2) is 17.2. The monoisotopic (exact) mass is 426 g/mol. The fourth-order valence-corrected chi connectivity index (χ4v) is 4.75. The van der Waals surface area contributed by atoms with Crippen LogP contribution in [0.25, 0.3) is 0 Å². The Kier molecular flexibility index (Phi) is 14.3. The Morgan fingerprint density at radius 2 is 0.968 bits per heavy atom. The highest BCUT2D eigenvalue weighted by atomic mass is 15.4. The summed E-state index contributed by atoms with van der Waals surface area (Å²) >= 11 is 0. The molecule has 0 saturated heterocycles. The van der Waals surface area contributed by atoms with Crippen LogP contribution < -0.4 is 0 Å². The molecule has 0 aliphatic carbocycles. The van der Waals surface area contributed by atoms with Crippen molar-refractivity contribution < 1.29 is 0 Å². The molecule has 1 heterocycles. The van der Waals surface area contributed by atoms with E-state index in [1.54, 1.807) is 0 Å². The Morgan fingerprint density at radius 1 is 0.548 bits per heavy atom. The van der Waals surface area contributed by atoms with Crippen molar-refractivity contribution >= 4 is 0 Å². The minimum atomic E-state index is 0.506. The van der Waals surface area contributed by atoms with Gasteiger partial charge in [-0.25, -0.2) is 0 Å². The van der Waals surface area contributed by atoms with E-state index in [0.29, 0.717) is 6.17 Å². The van der Waals surface area contributed by atoms with Gasteiger partial charge in [0.15, 0.2) is 0 Å². The van der Waals surface area contributed by atoms with Crippen molar-refractivity contribution in [3.63, 3.8) is 0 Å². The van der Waals surface area contributed by atoms with Gasteiger partial charge in [0, 0.05) is 31.9 Å². The molecule has 1 atom stereocenters. The Bertz CT molecular complexity index is 553. The first kappa shape index (κ1) is 25.8. The third kappa shape index (κ3) is 11.1. The molecule has 2 rings (SSSR count). The summed E-state index contributed by atoms with van der Waals surface area (Å²) in [4.78, 5) is 5.19. The molecule has 0 radical (unpaired) electrons. The van der Waals surface area contributed by atoms with Gasteiger partial charge in [0.25, 0.3) is 0 Å². The molecule has 1 aromatic rings. The second-order valence-electron chi connectivity index (χ2n) is 9.54. The van der Waals surface area contributed by atoms with Crippen LogP contribution in [0.1, 0.15) is 116 Å². The minimum Gasteiger partial charge on any atom is -0.356 e. The number of benzene rings is 1. The maximum Gasteiger partial charge on any atom is 0.105 e. The van der Waals surface area contributed by atoms with E-state index >= 15 is 0 Å². The largest absolute Gasteiger partial charge is 0.356 e. The van der Waals surface area contributed by atoms with Crippen molar-refractivity contribution in [3.05, 3.63) is 48.3 Å². The lowest BCUT2D eigenvalue weighted by atomic mass is 10.0. The van der Waals surface area contributed by atoms with Gasteiger partial charge >= 0.3 is 0 Å². The second-order valence-corrected chi connectivity index (χ2v) is 9.54. The zero-order valence-electron chi connectivity index (χ0n) is 20.7. The summed E-state index contributed by atoms with van der Waals surface area (Å²) < 4.78 is 0. The maximum absolute atomic E-state index is 2.61. The highest BCUT2D eigenvalue weighted by molar-refractivity contribution is 5.17. The third-order valence-electron chi connectivity index (χ3n) is 6.77. The maximum atomic E-state index is 2.61. The predicted molar refractivity (Wildman–Crippen MR) is 137 cm³/mol. The Balaban J connectivity index is 1.61. The van der Waals surface area contributed by atoms with Gasteiger partial charge in [-0.1, -0.05) is 128 Å². The highest BCUT2D eigenvalue weighted by Gasteiger charge is 2.25. The first-order valence-corrected chi connectivity index (χ1v) is 13.6. The van der Waals surface area contributed by atoms with E-state index in [1.165, 1.54) is 115 Å². The standard InChI is InChI=1S/C29H50N2/c1-3-5-7-8-9-10-11-12-13-14-15-20-24-31-26-25-30(23-19-6-4-2)29(31)27-28-21-17-16-18-22-28/h16-18,21-22,25-26,29H,3-15,19-20,23-24,27H2,1-2H3. The quantitative estimate of drug-likeness (QED) is 0.204. The molecule has 0 aromatic heterocycles. The van der Waals surface area contributed by atoms with Crippen molar-refractivity contribution in [2.75, 3.05) is 13.1 Å². The van der Waals surface area contributed by atoms with Crippen molar-refractivity contribution in [1.29, 1.82) is 0 Å². The zero-order valence-corrected chi connectivity index (χ0v) is 20.7. The van der Waals surface area contributed by atoms with Crippen LogP contribution in [0.4, 0.5) is 0 Å². The number of hydrogen-bond donors (Lipinski definition) is 0. The molecular weight excluding hydrogens is 376 g/mol. The van der Waals surface area contributed by atoms with Crippen LogP contribution in [0.5, 0.6) is 0 Å². The molecule has 1 aliphatic rings. The number of nitrogens with zero attached hydrogens (tertiary/aromatic N) is 2. The fourth-order valence-electron chi connectivity index (χ4n) is 4.75. The predicted octanol–water partition coefficient (Wildman–Crippen LogP) is 8.54. The average molecular weight is 427 g/mol. The Morgan fingerprint density at radius 3 is 1.48 bits per heavy atom. The van der Waals surface area contributed by atoms with Crippen molar-refractivity contribution in [3.8, 4) is 0 Å². The summed E-state index contributed by atoms with van der Waals surface area (Å²) in [5, 5.41) is 0. The Hall–Kier alpha value is -1.44. The summed E-state index contributed by atoms with van der Waals surface area (Å²) in [7, 11) is 0. The molecule has 0 bridgehead atoms. The van der Waals surface area contributed by atoms with Crippen LogP contribution in [-0.2, 0) is 6.42 Å². The molecule has 0 spiro atoms.